The number of nitrogens with zero attached hydrogens (tertiary/aromatic N) is 6. The summed E-state index contributed by atoms with van der Waals surface area (Å²) in [5.74, 6) is 0.176. The van der Waals surface area contributed by atoms with Crippen molar-refractivity contribution >= 4 is 11.6 Å². The van der Waals surface area contributed by atoms with Crippen molar-refractivity contribution in [1.29, 1.82) is 0 Å². The van der Waals surface area contributed by atoms with Crippen LogP contribution in [0, 0.1) is 0 Å². The summed E-state index contributed by atoms with van der Waals surface area (Å²) in [6.07, 6.45) is -3.98. The minimum Gasteiger partial charge on any atom is -0.381 e. The summed E-state index contributed by atoms with van der Waals surface area (Å²) in [5.41, 5.74) is -2.27. The van der Waals surface area contributed by atoms with Crippen LogP contribution in [-0.4, -0.2) is 36.0 Å². The van der Waals surface area contributed by atoms with Gasteiger partial charge in [-0.3, -0.25) is 9.48 Å². The quantitative estimate of drug-likeness (QED) is 0.476. The van der Waals surface area contributed by atoms with Gasteiger partial charge in [0.25, 0.3) is 5.56 Å². The number of hydrogen-bond donors (Lipinski definition) is 2. The van der Waals surface area contributed by atoms with E-state index in [4.69, 9.17) is 0 Å². The Morgan fingerprint density at radius 2 is 1.80 bits per heavy atom. The van der Waals surface area contributed by atoms with Gasteiger partial charge in [0.05, 0.1) is 29.7 Å². The van der Waals surface area contributed by atoms with E-state index >= 15 is 0 Å². The topological polar surface area (TPSA) is 105 Å². The second-order valence-electron chi connectivity index (χ2n) is 8.16. The van der Waals surface area contributed by atoms with Gasteiger partial charge in [-0.25, -0.2) is 15.1 Å². The molecule has 9 nitrogen and oxygen atoms in total. The first-order valence-electron chi connectivity index (χ1n) is 10.5. The molecule has 3 aromatic heterocycles. The molecule has 4 heterocycles. The zero-order valence-electron chi connectivity index (χ0n) is 18.3. The van der Waals surface area contributed by atoms with E-state index in [0.717, 1.165) is 29.8 Å². The summed E-state index contributed by atoms with van der Waals surface area (Å²) in [7, 11) is 0. The van der Waals surface area contributed by atoms with Gasteiger partial charge < -0.3 is 10.2 Å². The normalized spacial score (nSPS) is 14.8. The number of halogens is 6. The summed E-state index contributed by atoms with van der Waals surface area (Å²) in [6.45, 7) is 2.96. The number of H-pyrrole nitrogens is 1. The molecule has 0 aromatic carbocycles. The number of aryl methyl sites for hydroxylation is 1. The van der Waals surface area contributed by atoms with Crippen molar-refractivity contribution < 1.29 is 26.3 Å². The maximum absolute atomic E-state index is 13.2. The lowest BCUT2D eigenvalue weighted by molar-refractivity contribution is -0.139. The van der Waals surface area contributed by atoms with Gasteiger partial charge in [-0.2, -0.15) is 36.5 Å². The van der Waals surface area contributed by atoms with Crippen molar-refractivity contribution in [2.24, 2.45) is 0 Å². The van der Waals surface area contributed by atoms with E-state index in [1.54, 1.807) is 21.6 Å². The zero-order chi connectivity index (χ0) is 25.4. The molecule has 1 atom stereocenters. The highest BCUT2D eigenvalue weighted by atomic mass is 19.4. The molecule has 0 radical (unpaired) electrons. The number of aromatic amines is 1. The van der Waals surface area contributed by atoms with Crippen LogP contribution in [0.3, 0.4) is 0 Å². The van der Waals surface area contributed by atoms with Gasteiger partial charge >= 0.3 is 12.4 Å². The van der Waals surface area contributed by atoms with Crippen molar-refractivity contribution in [3.8, 4) is 0 Å². The Kier molecular flexibility index (Phi) is 6.42. The molecular weight excluding hydrogens is 482 g/mol. The molecule has 15 heteroatoms. The molecule has 0 saturated heterocycles. The van der Waals surface area contributed by atoms with Crippen LogP contribution >= 0.6 is 0 Å². The summed E-state index contributed by atoms with van der Waals surface area (Å²) >= 11 is 0. The number of hydrogen-bond acceptors (Lipinski definition) is 7. The maximum atomic E-state index is 13.2. The maximum Gasteiger partial charge on any atom is 0.423 e. The average Bonchev–Trinajstić information content (AvgIpc) is 3.31. The van der Waals surface area contributed by atoms with Crippen LogP contribution in [0.2, 0.25) is 0 Å². The van der Waals surface area contributed by atoms with Crippen molar-refractivity contribution in [3.63, 3.8) is 0 Å². The molecule has 3 aromatic rings. The van der Waals surface area contributed by atoms with Crippen LogP contribution in [0.15, 0.2) is 29.6 Å². The van der Waals surface area contributed by atoms with Gasteiger partial charge in [0.15, 0.2) is 0 Å². The fourth-order valence-electron chi connectivity index (χ4n) is 3.78. The first-order valence-corrected chi connectivity index (χ1v) is 10.5. The summed E-state index contributed by atoms with van der Waals surface area (Å²) in [5, 5.41) is 12.4. The van der Waals surface area contributed by atoms with Gasteiger partial charge in [0.2, 0.25) is 5.95 Å². The molecule has 0 spiro atoms. The van der Waals surface area contributed by atoms with Crippen molar-refractivity contribution in [2.75, 3.05) is 10.2 Å². The molecule has 0 aliphatic carbocycles. The number of rotatable bonds is 7. The molecule has 1 aliphatic heterocycles. The fraction of sp³-hybridized carbons (Fsp3) is 0.450. The molecule has 1 unspecified atom stereocenters. The Hall–Kier alpha value is -3.65. The Bertz CT molecular complexity index is 1210. The predicted molar refractivity (Wildman–Crippen MR) is 111 cm³/mol. The smallest absolute Gasteiger partial charge is 0.381 e. The van der Waals surface area contributed by atoms with E-state index < -0.39 is 29.0 Å². The molecule has 0 saturated carbocycles. The van der Waals surface area contributed by atoms with E-state index in [1.807, 2.05) is 6.20 Å². The SMILES string of the molecule is CC(CCCn1cc2c(n1)CN(c1ncc(C(F)(F)F)cn1)C2)Nc1cn[nH]c(=O)c1C(F)(F)F. The van der Waals surface area contributed by atoms with Gasteiger partial charge in [-0.15, -0.1) is 0 Å². The molecule has 1 aliphatic rings. The standard InChI is InChI=1S/C20H20F6N8O/c1-11(30-14-7-29-31-17(35)16(14)20(24,25)26)3-2-4-34-9-12-8-33(10-15(12)32-34)18-27-5-13(6-28-18)19(21,22)23/h5-7,9,11H,2-4,8,10H2,1H3,(H2,30,31,35). The zero-order valence-corrected chi connectivity index (χ0v) is 18.3. The van der Waals surface area contributed by atoms with Crippen LogP contribution in [0.4, 0.5) is 38.0 Å². The molecule has 2 N–H and O–H groups in total. The van der Waals surface area contributed by atoms with E-state index in [1.165, 1.54) is 0 Å². The third-order valence-electron chi connectivity index (χ3n) is 5.44. The second kappa shape index (κ2) is 9.19. The fourth-order valence-corrected chi connectivity index (χ4v) is 3.78. The lowest BCUT2D eigenvalue weighted by atomic mass is 10.1. The molecule has 188 valence electrons. The van der Waals surface area contributed by atoms with Gasteiger partial charge in [-0.05, 0) is 19.8 Å². The minimum absolute atomic E-state index is 0.176. The van der Waals surface area contributed by atoms with Crippen LogP contribution in [0.5, 0.6) is 0 Å². The van der Waals surface area contributed by atoms with Crippen molar-refractivity contribution in [2.45, 2.75) is 57.8 Å². The molecular formula is C20H20F6N8O. The van der Waals surface area contributed by atoms with E-state index in [0.29, 0.717) is 32.5 Å². The third kappa shape index (κ3) is 5.54. The number of aromatic nitrogens is 6. The van der Waals surface area contributed by atoms with Gasteiger partial charge in [0.1, 0.15) is 5.56 Å². The Morgan fingerprint density at radius 1 is 1.09 bits per heavy atom. The highest BCUT2D eigenvalue weighted by molar-refractivity contribution is 5.50. The number of fused-ring (bicyclic) bond motifs is 1. The van der Waals surface area contributed by atoms with Crippen LogP contribution < -0.4 is 15.8 Å². The molecule has 35 heavy (non-hydrogen) atoms. The van der Waals surface area contributed by atoms with E-state index in [-0.39, 0.29) is 17.7 Å². The third-order valence-corrected chi connectivity index (χ3v) is 5.44. The number of alkyl halides is 6. The Labute approximate surface area is 194 Å². The van der Waals surface area contributed by atoms with Gasteiger partial charge in [0, 0.05) is 43.3 Å². The van der Waals surface area contributed by atoms with Crippen LogP contribution in [0.25, 0.3) is 0 Å². The monoisotopic (exact) mass is 502 g/mol. The molecule has 0 bridgehead atoms. The second-order valence-corrected chi connectivity index (χ2v) is 8.16. The highest BCUT2D eigenvalue weighted by Gasteiger charge is 2.37. The lowest BCUT2D eigenvalue weighted by Crippen LogP contribution is -2.27. The first kappa shape index (κ1) is 24.5. The first-order chi connectivity index (χ1) is 16.4. The predicted octanol–water partition coefficient (Wildman–Crippen LogP) is 3.60. The van der Waals surface area contributed by atoms with E-state index in [2.05, 4.69) is 25.5 Å². The number of nitrogens with one attached hydrogen (secondary N) is 2. The molecule has 0 amide bonds. The van der Waals surface area contributed by atoms with Gasteiger partial charge in [-0.1, -0.05) is 0 Å². The average molecular weight is 502 g/mol. The lowest BCUT2D eigenvalue weighted by Gasteiger charge is -2.18. The van der Waals surface area contributed by atoms with E-state index in [9.17, 15) is 31.1 Å². The van der Waals surface area contributed by atoms with Crippen molar-refractivity contribution in [1.82, 2.24) is 29.9 Å². The molecule has 4 rings (SSSR count). The molecule has 0 fully saturated rings. The summed E-state index contributed by atoms with van der Waals surface area (Å²) < 4.78 is 79.2. The summed E-state index contributed by atoms with van der Waals surface area (Å²) in [4.78, 5) is 20.9. The number of anilines is 2. The minimum atomic E-state index is -4.81. The largest absolute Gasteiger partial charge is 0.423 e. The Balaban J connectivity index is 1.29. The van der Waals surface area contributed by atoms with Crippen LogP contribution in [0.1, 0.15) is 42.1 Å². The van der Waals surface area contributed by atoms with Crippen LogP contribution in [-0.2, 0) is 32.0 Å². The summed E-state index contributed by atoms with van der Waals surface area (Å²) in [6, 6.07) is -0.366. The Morgan fingerprint density at radius 3 is 2.43 bits per heavy atom. The highest BCUT2D eigenvalue weighted by Crippen LogP contribution is 2.32. The van der Waals surface area contributed by atoms with Crippen molar-refractivity contribution in [3.05, 3.63) is 57.5 Å².